The van der Waals surface area contributed by atoms with Crippen molar-refractivity contribution in [2.45, 2.75) is 39.8 Å². The van der Waals surface area contributed by atoms with Crippen molar-refractivity contribution in [3.05, 3.63) is 23.2 Å². The number of nitrogen functional groups attached to an aromatic ring is 1. The zero-order valence-electron chi connectivity index (χ0n) is 17.2. The Morgan fingerprint density at radius 3 is 2.57 bits per heavy atom. The molecule has 0 saturated carbocycles. The van der Waals surface area contributed by atoms with Crippen molar-refractivity contribution in [1.82, 2.24) is 14.9 Å². The molecular weight excluding hydrogens is 370 g/mol. The molecule has 7 heteroatoms. The molecule has 3 aromatic rings. The van der Waals surface area contributed by atoms with Crippen molar-refractivity contribution in [1.29, 1.82) is 0 Å². The number of pyridine rings is 1. The minimum atomic E-state index is 0.225. The normalized spacial score (nSPS) is 16.4. The molecule has 0 amide bonds. The molecular formula is C21H29N5OS. The summed E-state index contributed by atoms with van der Waals surface area (Å²) in [7, 11) is 0. The summed E-state index contributed by atoms with van der Waals surface area (Å²) in [6.07, 6.45) is 0. The van der Waals surface area contributed by atoms with Crippen LogP contribution in [0.4, 0.5) is 11.5 Å². The SMILES string of the molecule is CCOCc1nc2c(N)nc3ccc(N4CCN(C(C)(C)C)CC4)cc3c2s1. The van der Waals surface area contributed by atoms with E-state index >= 15 is 0 Å². The summed E-state index contributed by atoms with van der Waals surface area (Å²) in [5.41, 5.74) is 9.36. The molecule has 1 saturated heterocycles. The molecule has 0 aliphatic carbocycles. The van der Waals surface area contributed by atoms with Gasteiger partial charge in [0, 0.05) is 49.4 Å². The third-order valence-corrected chi connectivity index (χ3v) is 6.47. The van der Waals surface area contributed by atoms with E-state index in [0.29, 0.717) is 19.0 Å². The number of hydrogen-bond donors (Lipinski definition) is 1. The maximum atomic E-state index is 6.18. The Balaban J connectivity index is 1.67. The number of aromatic nitrogens is 2. The molecule has 1 aliphatic rings. The van der Waals surface area contributed by atoms with Crippen molar-refractivity contribution in [3.8, 4) is 0 Å². The Bertz CT molecular complexity index is 986. The molecule has 6 nitrogen and oxygen atoms in total. The number of fused-ring (bicyclic) bond motifs is 3. The topological polar surface area (TPSA) is 67.5 Å². The number of anilines is 2. The highest BCUT2D eigenvalue weighted by molar-refractivity contribution is 7.19. The first-order valence-corrected chi connectivity index (χ1v) is 10.7. The number of nitrogens with two attached hydrogens (primary N) is 1. The summed E-state index contributed by atoms with van der Waals surface area (Å²) in [6.45, 7) is 14.3. The second-order valence-corrected chi connectivity index (χ2v) is 9.35. The van der Waals surface area contributed by atoms with Gasteiger partial charge in [0.2, 0.25) is 0 Å². The quantitative estimate of drug-likeness (QED) is 0.718. The van der Waals surface area contributed by atoms with E-state index < -0.39 is 0 Å². The molecule has 1 aromatic carbocycles. The van der Waals surface area contributed by atoms with E-state index in [0.717, 1.165) is 52.3 Å². The Labute approximate surface area is 170 Å². The second-order valence-electron chi connectivity index (χ2n) is 8.27. The van der Waals surface area contributed by atoms with Crippen LogP contribution in [0.5, 0.6) is 0 Å². The van der Waals surface area contributed by atoms with E-state index in [4.69, 9.17) is 10.5 Å². The lowest BCUT2D eigenvalue weighted by Crippen LogP contribution is -2.53. The van der Waals surface area contributed by atoms with Crippen LogP contribution < -0.4 is 10.6 Å². The van der Waals surface area contributed by atoms with Gasteiger partial charge < -0.3 is 15.4 Å². The highest BCUT2D eigenvalue weighted by Crippen LogP contribution is 2.35. The fraction of sp³-hybridized carbons (Fsp3) is 0.524. The Morgan fingerprint density at radius 1 is 1.14 bits per heavy atom. The number of thiazole rings is 1. The molecule has 28 heavy (non-hydrogen) atoms. The van der Waals surface area contributed by atoms with Gasteiger partial charge >= 0.3 is 0 Å². The van der Waals surface area contributed by atoms with Crippen molar-refractivity contribution in [2.75, 3.05) is 43.4 Å². The zero-order chi connectivity index (χ0) is 19.9. The third kappa shape index (κ3) is 3.66. The fourth-order valence-electron chi connectivity index (χ4n) is 3.79. The number of rotatable bonds is 4. The van der Waals surface area contributed by atoms with Gasteiger partial charge in [0.15, 0.2) is 5.82 Å². The minimum Gasteiger partial charge on any atom is -0.382 e. The van der Waals surface area contributed by atoms with Gasteiger partial charge in [-0.2, -0.15) is 0 Å². The van der Waals surface area contributed by atoms with Gasteiger partial charge in [0.05, 0.1) is 16.8 Å². The molecule has 2 aromatic heterocycles. The zero-order valence-corrected chi connectivity index (χ0v) is 18.0. The molecule has 0 radical (unpaired) electrons. The largest absolute Gasteiger partial charge is 0.382 e. The number of benzene rings is 1. The molecule has 1 aliphatic heterocycles. The molecule has 2 N–H and O–H groups in total. The van der Waals surface area contributed by atoms with E-state index in [1.807, 2.05) is 6.92 Å². The predicted molar refractivity (Wildman–Crippen MR) is 118 cm³/mol. The lowest BCUT2D eigenvalue weighted by molar-refractivity contribution is 0.128. The van der Waals surface area contributed by atoms with E-state index in [-0.39, 0.29) is 5.54 Å². The number of ether oxygens (including phenoxy) is 1. The lowest BCUT2D eigenvalue weighted by Gasteiger charge is -2.43. The van der Waals surface area contributed by atoms with Gasteiger partial charge in [0.25, 0.3) is 0 Å². The maximum Gasteiger partial charge on any atom is 0.151 e. The fourth-order valence-corrected chi connectivity index (χ4v) is 4.83. The van der Waals surface area contributed by atoms with Gasteiger partial charge in [-0.1, -0.05) is 0 Å². The first-order valence-electron chi connectivity index (χ1n) is 9.93. The van der Waals surface area contributed by atoms with Crippen LogP contribution in [0.15, 0.2) is 18.2 Å². The highest BCUT2D eigenvalue weighted by atomic mass is 32.1. The van der Waals surface area contributed by atoms with Crippen molar-refractivity contribution >= 4 is 44.0 Å². The average molecular weight is 400 g/mol. The molecule has 0 bridgehead atoms. The number of hydrogen-bond acceptors (Lipinski definition) is 7. The Morgan fingerprint density at radius 2 is 1.89 bits per heavy atom. The molecule has 0 atom stereocenters. The smallest absolute Gasteiger partial charge is 0.151 e. The van der Waals surface area contributed by atoms with Crippen LogP contribution in [0, 0.1) is 0 Å². The van der Waals surface area contributed by atoms with Gasteiger partial charge in [-0.3, -0.25) is 4.90 Å². The summed E-state index contributed by atoms with van der Waals surface area (Å²) in [5, 5.41) is 2.07. The summed E-state index contributed by atoms with van der Waals surface area (Å²) in [6, 6.07) is 6.49. The van der Waals surface area contributed by atoms with Crippen LogP contribution in [0.2, 0.25) is 0 Å². The summed E-state index contributed by atoms with van der Waals surface area (Å²) >= 11 is 1.66. The predicted octanol–water partition coefficient (Wildman–Crippen LogP) is 3.88. The van der Waals surface area contributed by atoms with Crippen LogP contribution in [-0.2, 0) is 11.3 Å². The molecule has 0 unspecified atom stereocenters. The number of nitrogens with zero attached hydrogens (tertiary/aromatic N) is 4. The summed E-state index contributed by atoms with van der Waals surface area (Å²) in [5.74, 6) is 0.494. The van der Waals surface area contributed by atoms with Gasteiger partial charge in [-0.15, -0.1) is 11.3 Å². The van der Waals surface area contributed by atoms with Crippen molar-refractivity contribution < 1.29 is 4.74 Å². The third-order valence-electron chi connectivity index (χ3n) is 5.40. The van der Waals surface area contributed by atoms with Crippen molar-refractivity contribution in [3.63, 3.8) is 0 Å². The van der Waals surface area contributed by atoms with E-state index in [1.54, 1.807) is 11.3 Å². The van der Waals surface area contributed by atoms with Crippen molar-refractivity contribution in [2.24, 2.45) is 0 Å². The molecule has 0 spiro atoms. The molecule has 1 fully saturated rings. The van der Waals surface area contributed by atoms with E-state index in [9.17, 15) is 0 Å². The first kappa shape index (κ1) is 19.4. The minimum absolute atomic E-state index is 0.225. The van der Waals surface area contributed by atoms with Crippen LogP contribution in [0.25, 0.3) is 21.1 Å². The van der Waals surface area contributed by atoms with Gasteiger partial charge in [-0.25, -0.2) is 9.97 Å². The van der Waals surface area contributed by atoms with Crippen LogP contribution in [0.3, 0.4) is 0 Å². The monoisotopic (exact) mass is 399 g/mol. The Kier molecular flexibility index (Phi) is 5.16. The van der Waals surface area contributed by atoms with E-state index in [1.165, 1.54) is 5.69 Å². The summed E-state index contributed by atoms with van der Waals surface area (Å²) in [4.78, 5) is 14.3. The van der Waals surface area contributed by atoms with Gasteiger partial charge in [0.1, 0.15) is 10.5 Å². The average Bonchev–Trinajstić information content (AvgIpc) is 3.11. The first-order chi connectivity index (χ1) is 13.4. The Hall–Kier alpha value is -1.96. The number of piperazine rings is 1. The van der Waals surface area contributed by atoms with Crippen LogP contribution in [-0.4, -0.2) is 53.2 Å². The summed E-state index contributed by atoms with van der Waals surface area (Å²) < 4.78 is 6.64. The van der Waals surface area contributed by atoms with Gasteiger partial charge in [-0.05, 0) is 45.9 Å². The highest BCUT2D eigenvalue weighted by Gasteiger charge is 2.26. The molecule has 3 heterocycles. The van der Waals surface area contributed by atoms with E-state index in [2.05, 4.69) is 58.7 Å². The molecule has 4 rings (SSSR count). The standard InChI is InChI=1S/C21H29N5OS/c1-5-27-13-17-24-18-19(28-17)15-12-14(6-7-16(15)23-20(18)22)25-8-10-26(11-9-25)21(2,3)4/h6-7,12H,5,8-11,13H2,1-4H3,(H2,22,23). The molecule has 150 valence electrons. The lowest BCUT2D eigenvalue weighted by atomic mass is 10.0. The maximum absolute atomic E-state index is 6.18. The van der Waals surface area contributed by atoms with Crippen LogP contribution in [0.1, 0.15) is 32.7 Å². The second kappa shape index (κ2) is 7.46. The van der Waals surface area contributed by atoms with Crippen LogP contribution >= 0.6 is 11.3 Å².